The zero-order chi connectivity index (χ0) is 8.69. The zero-order valence-electron chi connectivity index (χ0n) is 8.05. The van der Waals surface area contributed by atoms with Crippen molar-refractivity contribution in [3.05, 3.63) is 11.8 Å². The fourth-order valence-electron chi connectivity index (χ4n) is 1.00. The highest BCUT2D eigenvalue weighted by Gasteiger charge is 1.90. The molecule has 11 heavy (non-hydrogen) atoms. The van der Waals surface area contributed by atoms with Gasteiger partial charge in [0.05, 0.1) is 0 Å². The summed E-state index contributed by atoms with van der Waals surface area (Å²) in [5.74, 6) is 0. The minimum Gasteiger partial charge on any atom is -0.385 e. The third-order valence-electron chi connectivity index (χ3n) is 1.40. The van der Waals surface area contributed by atoms with Crippen LogP contribution in [0.2, 0.25) is 0 Å². The standard InChI is InChI=1S/C9H19NO/c1-9(8-10(2)3)6-5-7-11-4/h8H,5-7H2,1-4H3/b9-8-. The summed E-state index contributed by atoms with van der Waals surface area (Å²) in [5.41, 5.74) is 1.41. The molecular weight excluding hydrogens is 138 g/mol. The number of allylic oxidation sites excluding steroid dienone is 1. The van der Waals surface area contributed by atoms with Gasteiger partial charge in [-0.15, -0.1) is 0 Å². The lowest BCUT2D eigenvalue weighted by molar-refractivity contribution is 0.195. The lowest BCUT2D eigenvalue weighted by Gasteiger charge is -2.07. The second kappa shape index (κ2) is 6.23. The number of rotatable bonds is 5. The van der Waals surface area contributed by atoms with Gasteiger partial charge in [-0.3, -0.25) is 0 Å². The van der Waals surface area contributed by atoms with E-state index in [1.807, 2.05) is 14.1 Å². The number of methoxy groups -OCH3 is 1. The zero-order valence-corrected chi connectivity index (χ0v) is 8.05. The molecule has 0 radical (unpaired) electrons. The van der Waals surface area contributed by atoms with E-state index in [0.717, 1.165) is 19.4 Å². The van der Waals surface area contributed by atoms with E-state index in [2.05, 4.69) is 18.0 Å². The lowest BCUT2D eigenvalue weighted by atomic mass is 10.2. The van der Waals surface area contributed by atoms with Gasteiger partial charge in [0, 0.05) is 27.8 Å². The predicted octanol–water partition coefficient (Wildman–Crippen LogP) is 1.88. The summed E-state index contributed by atoms with van der Waals surface area (Å²) < 4.78 is 4.96. The molecule has 0 aromatic carbocycles. The Morgan fingerprint density at radius 1 is 1.45 bits per heavy atom. The molecule has 0 saturated carbocycles. The Balaban J connectivity index is 3.43. The quantitative estimate of drug-likeness (QED) is 0.565. The van der Waals surface area contributed by atoms with E-state index in [9.17, 15) is 0 Å². The van der Waals surface area contributed by atoms with Crippen molar-refractivity contribution in [1.29, 1.82) is 0 Å². The van der Waals surface area contributed by atoms with Gasteiger partial charge in [0.25, 0.3) is 0 Å². The first kappa shape index (κ1) is 10.5. The fraction of sp³-hybridized carbons (Fsp3) is 0.778. The molecule has 0 N–H and O–H groups in total. The van der Waals surface area contributed by atoms with E-state index < -0.39 is 0 Å². The van der Waals surface area contributed by atoms with E-state index in [1.54, 1.807) is 7.11 Å². The van der Waals surface area contributed by atoms with Crippen molar-refractivity contribution in [3.8, 4) is 0 Å². The largest absolute Gasteiger partial charge is 0.385 e. The van der Waals surface area contributed by atoms with E-state index in [0.29, 0.717) is 0 Å². The van der Waals surface area contributed by atoms with Crippen LogP contribution in [0.5, 0.6) is 0 Å². The molecule has 0 aliphatic rings. The molecule has 0 aliphatic carbocycles. The molecule has 66 valence electrons. The lowest BCUT2D eigenvalue weighted by Crippen LogP contribution is -2.02. The van der Waals surface area contributed by atoms with Gasteiger partial charge in [-0.25, -0.2) is 0 Å². The monoisotopic (exact) mass is 157 g/mol. The molecule has 0 spiro atoms. The highest BCUT2D eigenvalue weighted by Crippen LogP contribution is 2.03. The van der Waals surface area contributed by atoms with Crippen LogP contribution in [0.4, 0.5) is 0 Å². The first-order chi connectivity index (χ1) is 5.16. The summed E-state index contributed by atoms with van der Waals surface area (Å²) in [4.78, 5) is 2.07. The maximum absolute atomic E-state index is 4.96. The number of nitrogens with zero attached hydrogens (tertiary/aromatic N) is 1. The molecule has 0 bridgehead atoms. The summed E-state index contributed by atoms with van der Waals surface area (Å²) >= 11 is 0. The Labute approximate surface area is 69.8 Å². The second-order valence-corrected chi connectivity index (χ2v) is 3.04. The summed E-state index contributed by atoms with van der Waals surface area (Å²) in [6, 6.07) is 0. The first-order valence-corrected chi connectivity index (χ1v) is 3.99. The van der Waals surface area contributed by atoms with Crippen LogP contribution < -0.4 is 0 Å². The highest BCUT2D eigenvalue weighted by atomic mass is 16.5. The summed E-state index contributed by atoms with van der Waals surface area (Å²) in [6.45, 7) is 3.01. The molecule has 0 rings (SSSR count). The van der Waals surface area contributed by atoms with E-state index >= 15 is 0 Å². The van der Waals surface area contributed by atoms with Crippen LogP contribution in [-0.2, 0) is 4.74 Å². The fourth-order valence-corrected chi connectivity index (χ4v) is 1.00. The van der Waals surface area contributed by atoms with E-state index in [4.69, 9.17) is 4.74 Å². The van der Waals surface area contributed by atoms with Gasteiger partial charge in [0.1, 0.15) is 0 Å². The number of hydrogen-bond donors (Lipinski definition) is 0. The van der Waals surface area contributed by atoms with Crippen molar-refractivity contribution in [2.75, 3.05) is 27.8 Å². The predicted molar refractivity (Wildman–Crippen MR) is 48.6 cm³/mol. The summed E-state index contributed by atoms with van der Waals surface area (Å²) in [6.07, 6.45) is 4.40. The van der Waals surface area contributed by atoms with Crippen LogP contribution in [0.25, 0.3) is 0 Å². The van der Waals surface area contributed by atoms with Crippen molar-refractivity contribution in [2.24, 2.45) is 0 Å². The molecule has 0 aromatic heterocycles. The molecule has 2 heteroatoms. The van der Waals surface area contributed by atoms with Gasteiger partial charge in [-0.1, -0.05) is 5.57 Å². The van der Waals surface area contributed by atoms with Crippen LogP contribution >= 0.6 is 0 Å². The molecule has 2 nitrogen and oxygen atoms in total. The molecular formula is C9H19NO. The molecule has 0 unspecified atom stereocenters. The Bertz CT molecular complexity index is 119. The maximum atomic E-state index is 4.96. The molecule has 0 heterocycles. The normalized spacial score (nSPS) is 11.8. The van der Waals surface area contributed by atoms with Crippen molar-refractivity contribution in [1.82, 2.24) is 4.90 Å². The molecule has 0 fully saturated rings. The molecule has 0 saturated heterocycles. The minimum atomic E-state index is 0.860. The van der Waals surface area contributed by atoms with Gasteiger partial charge >= 0.3 is 0 Å². The highest BCUT2D eigenvalue weighted by molar-refractivity contribution is 4.95. The van der Waals surface area contributed by atoms with Crippen molar-refractivity contribution >= 4 is 0 Å². The van der Waals surface area contributed by atoms with E-state index in [-0.39, 0.29) is 0 Å². The van der Waals surface area contributed by atoms with Crippen molar-refractivity contribution in [2.45, 2.75) is 19.8 Å². The number of hydrogen-bond acceptors (Lipinski definition) is 2. The second-order valence-electron chi connectivity index (χ2n) is 3.04. The van der Waals surface area contributed by atoms with E-state index in [1.165, 1.54) is 5.57 Å². The van der Waals surface area contributed by atoms with Gasteiger partial charge < -0.3 is 9.64 Å². The van der Waals surface area contributed by atoms with Crippen LogP contribution in [0.15, 0.2) is 11.8 Å². The Morgan fingerprint density at radius 3 is 2.55 bits per heavy atom. The van der Waals surface area contributed by atoms with Gasteiger partial charge in [-0.2, -0.15) is 0 Å². The molecule has 0 aliphatic heterocycles. The Kier molecular flexibility index (Phi) is 5.94. The molecule has 0 atom stereocenters. The average molecular weight is 157 g/mol. The van der Waals surface area contributed by atoms with Gasteiger partial charge in [0.2, 0.25) is 0 Å². The smallest absolute Gasteiger partial charge is 0.0465 e. The van der Waals surface area contributed by atoms with Crippen LogP contribution in [0, 0.1) is 0 Å². The third kappa shape index (κ3) is 7.40. The molecule has 0 aromatic rings. The number of ether oxygens (including phenoxy) is 1. The third-order valence-corrected chi connectivity index (χ3v) is 1.40. The summed E-state index contributed by atoms with van der Waals surface area (Å²) in [5, 5.41) is 0. The van der Waals surface area contributed by atoms with Gasteiger partial charge in [-0.05, 0) is 26.0 Å². The summed E-state index contributed by atoms with van der Waals surface area (Å²) in [7, 11) is 5.82. The van der Waals surface area contributed by atoms with Crippen LogP contribution in [0.3, 0.4) is 0 Å². The topological polar surface area (TPSA) is 12.5 Å². The minimum absolute atomic E-state index is 0.860. The van der Waals surface area contributed by atoms with Crippen molar-refractivity contribution < 1.29 is 4.74 Å². The Hall–Kier alpha value is -0.500. The van der Waals surface area contributed by atoms with Crippen LogP contribution in [-0.4, -0.2) is 32.7 Å². The average Bonchev–Trinajstić information content (AvgIpc) is 1.86. The van der Waals surface area contributed by atoms with Crippen LogP contribution in [0.1, 0.15) is 19.8 Å². The SMILES string of the molecule is COCCC/C(C)=C\N(C)C. The maximum Gasteiger partial charge on any atom is 0.0465 e. The van der Waals surface area contributed by atoms with Gasteiger partial charge in [0.15, 0.2) is 0 Å². The molecule has 0 amide bonds. The first-order valence-electron chi connectivity index (χ1n) is 3.99. The Morgan fingerprint density at radius 2 is 2.09 bits per heavy atom. The van der Waals surface area contributed by atoms with Crippen molar-refractivity contribution in [3.63, 3.8) is 0 Å².